The van der Waals surface area contributed by atoms with Crippen molar-refractivity contribution >= 4 is 17.8 Å². The zero-order valence-electron chi connectivity index (χ0n) is 13.4. The molecule has 122 valence electrons. The molecule has 1 amide bonds. The topological polar surface area (TPSA) is 86.5 Å². The van der Waals surface area contributed by atoms with E-state index >= 15 is 0 Å². The van der Waals surface area contributed by atoms with Crippen LogP contribution in [-0.4, -0.2) is 36.4 Å². The summed E-state index contributed by atoms with van der Waals surface area (Å²) in [5, 5.41) is 10.7. The molecule has 0 unspecified atom stereocenters. The van der Waals surface area contributed by atoms with Crippen molar-refractivity contribution in [3.05, 3.63) is 60.0 Å². The zero-order valence-corrected chi connectivity index (χ0v) is 13.4. The third kappa shape index (κ3) is 3.52. The van der Waals surface area contributed by atoms with Crippen molar-refractivity contribution in [3.8, 4) is 11.5 Å². The number of hydrogen-bond acceptors (Lipinski definition) is 5. The maximum absolute atomic E-state index is 12.0. The van der Waals surface area contributed by atoms with Gasteiger partial charge in [-0.15, -0.1) is 0 Å². The minimum Gasteiger partial charge on any atom is -0.463 e. The van der Waals surface area contributed by atoms with E-state index in [-0.39, 0.29) is 5.69 Å². The van der Waals surface area contributed by atoms with Crippen molar-refractivity contribution < 1.29 is 9.21 Å². The molecule has 7 heteroatoms. The van der Waals surface area contributed by atoms with Gasteiger partial charge in [0.15, 0.2) is 11.5 Å². The molecule has 0 saturated carbocycles. The van der Waals surface area contributed by atoms with Gasteiger partial charge in [0.1, 0.15) is 5.69 Å². The number of hydrazone groups is 1. The summed E-state index contributed by atoms with van der Waals surface area (Å²) in [6, 6.07) is 13.0. The zero-order chi connectivity index (χ0) is 16.9. The number of amides is 1. The summed E-state index contributed by atoms with van der Waals surface area (Å²) in [6.07, 6.45) is 3.14. The number of nitrogens with one attached hydrogen (secondary N) is 2. The average molecular weight is 323 g/mol. The van der Waals surface area contributed by atoms with Gasteiger partial charge in [-0.3, -0.25) is 9.89 Å². The highest BCUT2D eigenvalue weighted by Gasteiger charge is 2.11. The molecule has 0 atom stereocenters. The second-order valence-electron chi connectivity index (χ2n) is 5.33. The van der Waals surface area contributed by atoms with Crippen LogP contribution in [0.15, 0.2) is 58.2 Å². The van der Waals surface area contributed by atoms with Gasteiger partial charge in [-0.1, -0.05) is 12.1 Å². The Labute approximate surface area is 139 Å². The summed E-state index contributed by atoms with van der Waals surface area (Å²) in [5.41, 5.74) is 5.30. The van der Waals surface area contributed by atoms with E-state index in [9.17, 15) is 4.79 Å². The van der Waals surface area contributed by atoms with Crippen LogP contribution >= 0.6 is 0 Å². The third-order valence-corrected chi connectivity index (χ3v) is 3.39. The summed E-state index contributed by atoms with van der Waals surface area (Å²) in [6.45, 7) is 0. The Morgan fingerprint density at radius 2 is 2.08 bits per heavy atom. The van der Waals surface area contributed by atoms with Gasteiger partial charge in [0.2, 0.25) is 0 Å². The largest absolute Gasteiger partial charge is 0.463 e. The predicted octanol–water partition coefficient (Wildman–Crippen LogP) is 2.50. The highest BCUT2D eigenvalue weighted by atomic mass is 16.3. The van der Waals surface area contributed by atoms with Gasteiger partial charge in [-0.2, -0.15) is 10.2 Å². The number of hydrogen-bond donors (Lipinski definition) is 2. The van der Waals surface area contributed by atoms with E-state index in [1.165, 1.54) is 0 Å². The minimum absolute atomic E-state index is 0.238. The number of carbonyl (C=O) groups excluding carboxylic acids is 1. The molecule has 0 aliphatic carbocycles. The number of furan rings is 1. The van der Waals surface area contributed by atoms with E-state index < -0.39 is 5.91 Å². The van der Waals surface area contributed by atoms with E-state index in [4.69, 9.17) is 4.42 Å². The van der Waals surface area contributed by atoms with Crippen LogP contribution in [0.2, 0.25) is 0 Å². The van der Waals surface area contributed by atoms with Crippen LogP contribution in [0.3, 0.4) is 0 Å². The van der Waals surface area contributed by atoms with Crippen LogP contribution in [0.4, 0.5) is 5.69 Å². The molecule has 0 spiro atoms. The van der Waals surface area contributed by atoms with Gasteiger partial charge in [0.25, 0.3) is 5.91 Å². The van der Waals surface area contributed by atoms with Crippen molar-refractivity contribution in [2.75, 3.05) is 19.0 Å². The Balaban J connectivity index is 1.61. The van der Waals surface area contributed by atoms with Gasteiger partial charge in [-0.25, -0.2) is 5.43 Å². The van der Waals surface area contributed by atoms with E-state index in [0.29, 0.717) is 11.5 Å². The van der Waals surface area contributed by atoms with Crippen molar-refractivity contribution in [3.63, 3.8) is 0 Å². The third-order valence-electron chi connectivity index (χ3n) is 3.39. The summed E-state index contributed by atoms with van der Waals surface area (Å²) in [5.74, 6) is 0.219. The van der Waals surface area contributed by atoms with Crippen LogP contribution in [0, 0.1) is 0 Å². The smallest absolute Gasteiger partial charge is 0.291 e. The number of nitrogens with zero attached hydrogens (tertiary/aromatic N) is 3. The summed E-state index contributed by atoms with van der Waals surface area (Å²) >= 11 is 0. The van der Waals surface area contributed by atoms with Gasteiger partial charge in [0.05, 0.1) is 12.5 Å². The molecular formula is C17H17N5O2. The maximum Gasteiger partial charge on any atom is 0.291 e. The van der Waals surface area contributed by atoms with Gasteiger partial charge in [-0.05, 0) is 29.8 Å². The summed E-state index contributed by atoms with van der Waals surface area (Å²) < 4.78 is 5.24. The normalized spacial score (nSPS) is 10.9. The lowest BCUT2D eigenvalue weighted by atomic mass is 10.2. The molecule has 0 radical (unpaired) electrons. The van der Waals surface area contributed by atoms with Crippen LogP contribution in [0.1, 0.15) is 16.1 Å². The Bertz CT molecular complexity index is 832. The molecule has 0 saturated heterocycles. The van der Waals surface area contributed by atoms with Crippen molar-refractivity contribution in [1.29, 1.82) is 0 Å². The number of benzene rings is 1. The molecule has 0 aliphatic heterocycles. The molecule has 3 rings (SSSR count). The van der Waals surface area contributed by atoms with Gasteiger partial charge in [0, 0.05) is 25.8 Å². The fraction of sp³-hybridized carbons (Fsp3) is 0.118. The molecule has 2 heterocycles. The van der Waals surface area contributed by atoms with E-state index in [0.717, 1.165) is 11.3 Å². The van der Waals surface area contributed by atoms with E-state index in [1.807, 2.05) is 43.3 Å². The standard InChI is InChI=1S/C17H17N5O2/c1-22(2)13-7-5-12(6-8-13)11-18-21-17(23)15-10-14(19-20-15)16-4-3-9-24-16/h3-11H,1-2H3,(H,19,20)(H,21,23)/b18-11-. The number of aromatic nitrogens is 2. The number of aromatic amines is 1. The number of rotatable bonds is 5. The quantitative estimate of drug-likeness (QED) is 0.558. The first-order chi connectivity index (χ1) is 11.6. The Hall–Kier alpha value is -3.35. The second kappa shape index (κ2) is 6.82. The minimum atomic E-state index is -0.398. The van der Waals surface area contributed by atoms with E-state index in [2.05, 4.69) is 20.7 Å². The Morgan fingerprint density at radius 1 is 1.29 bits per heavy atom. The summed E-state index contributed by atoms with van der Waals surface area (Å²) in [7, 11) is 3.95. The molecule has 0 fully saturated rings. The van der Waals surface area contributed by atoms with Crippen LogP contribution < -0.4 is 10.3 Å². The molecule has 3 aromatic rings. The molecule has 2 N–H and O–H groups in total. The number of H-pyrrole nitrogens is 1. The molecule has 1 aromatic carbocycles. The number of anilines is 1. The van der Waals surface area contributed by atoms with Crippen molar-refractivity contribution in [2.24, 2.45) is 5.10 Å². The number of carbonyl (C=O) groups is 1. The molecule has 24 heavy (non-hydrogen) atoms. The molecular weight excluding hydrogens is 306 g/mol. The lowest BCUT2D eigenvalue weighted by molar-refractivity contribution is 0.0950. The lowest BCUT2D eigenvalue weighted by Gasteiger charge is -2.11. The molecule has 0 bridgehead atoms. The molecule has 2 aromatic heterocycles. The SMILES string of the molecule is CN(C)c1ccc(/C=N\NC(=O)c2cc(-c3ccco3)[nH]n2)cc1. The fourth-order valence-corrected chi connectivity index (χ4v) is 2.08. The van der Waals surface area contributed by atoms with Crippen LogP contribution in [0.5, 0.6) is 0 Å². The lowest BCUT2D eigenvalue weighted by Crippen LogP contribution is -2.18. The second-order valence-corrected chi connectivity index (χ2v) is 5.33. The first-order valence-corrected chi connectivity index (χ1v) is 7.33. The van der Waals surface area contributed by atoms with Crippen LogP contribution in [-0.2, 0) is 0 Å². The monoisotopic (exact) mass is 323 g/mol. The van der Waals surface area contributed by atoms with Crippen molar-refractivity contribution in [1.82, 2.24) is 15.6 Å². The van der Waals surface area contributed by atoms with Gasteiger partial charge >= 0.3 is 0 Å². The molecule has 0 aliphatic rings. The average Bonchev–Trinajstić information content (AvgIpc) is 3.26. The highest BCUT2D eigenvalue weighted by Crippen LogP contribution is 2.17. The highest BCUT2D eigenvalue weighted by molar-refractivity contribution is 5.94. The summed E-state index contributed by atoms with van der Waals surface area (Å²) in [4.78, 5) is 14.0. The Kier molecular flexibility index (Phi) is 4.42. The molecule has 7 nitrogen and oxygen atoms in total. The first kappa shape index (κ1) is 15.5. The van der Waals surface area contributed by atoms with Crippen molar-refractivity contribution in [2.45, 2.75) is 0 Å². The van der Waals surface area contributed by atoms with Crippen LogP contribution in [0.25, 0.3) is 11.5 Å². The Morgan fingerprint density at radius 3 is 2.75 bits per heavy atom. The predicted molar refractivity (Wildman–Crippen MR) is 92.1 cm³/mol. The maximum atomic E-state index is 12.0. The van der Waals surface area contributed by atoms with E-state index in [1.54, 1.807) is 30.7 Å². The fourth-order valence-electron chi connectivity index (χ4n) is 2.08. The van der Waals surface area contributed by atoms with Gasteiger partial charge < -0.3 is 9.32 Å². The first-order valence-electron chi connectivity index (χ1n) is 7.33.